The molecule has 2 rings (SSSR count). The monoisotopic (exact) mass is 394 g/mol. The fraction of sp³-hybridized carbons (Fsp3) is 0.500. The lowest BCUT2D eigenvalue weighted by atomic mass is 10.2. The molecule has 1 aliphatic heterocycles. The summed E-state index contributed by atoms with van der Waals surface area (Å²) in [5.41, 5.74) is 2.00. The van der Waals surface area contributed by atoms with Gasteiger partial charge in [-0.25, -0.2) is 5.48 Å². The second-order valence-corrected chi connectivity index (χ2v) is 6.19. The van der Waals surface area contributed by atoms with Crippen molar-refractivity contribution in [2.45, 2.75) is 38.1 Å². The van der Waals surface area contributed by atoms with Crippen molar-refractivity contribution in [2.75, 3.05) is 13.2 Å². The second-order valence-electron chi connectivity index (χ2n) is 5.76. The van der Waals surface area contributed by atoms with Crippen LogP contribution in [0.5, 0.6) is 5.75 Å². The molecule has 1 aromatic rings. The van der Waals surface area contributed by atoms with Crippen molar-refractivity contribution in [3.05, 3.63) is 29.3 Å². The molecule has 26 heavy (non-hydrogen) atoms. The maximum Gasteiger partial charge on any atom is 0.408 e. The van der Waals surface area contributed by atoms with Crippen LogP contribution < -0.4 is 10.2 Å². The minimum absolute atomic E-state index is 0.0103. The maximum absolute atomic E-state index is 12.8. The zero-order valence-electron chi connectivity index (χ0n) is 13.9. The highest BCUT2D eigenvalue weighted by atomic mass is 35.5. The number of hydroxylamine groups is 1. The Morgan fingerprint density at radius 1 is 1.35 bits per heavy atom. The molecule has 2 atom stereocenters. The number of amides is 2. The van der Waals surface area contributed by atoms with Gasteiger partial charge in [-0.05, 0) is 44.0 Å². The summed E-state index contributed by atoms with van der Waals surface area (Å²) in [5.74, 6) is -1.11. The Hall–Kier alpha value is -2.00. The molecule has 0 aromatic heterocycles. The van der Waals surface area contributed by atoms with E-state index in [1.807, 2.05) is 5.48 Å². The van der Waals surface area contributed by atoms with E-state index in [4.69, 9.17) is 21.2 Å². The summed E-state index contributed by atoms with van der Waals surface area (Å²) in [6, 6.07) is 4.51. The zero-order chi connectivity index (χ0) is 19.3. The summed E-state index contributed by atoms with van der Waals surface area (Å²) >= 11 is 5.74. The van der Waals surface area contributed by atoms with Crippen molar-refractivity contribution in [3.63, 3.8) is 0 Å². The van der Waals surface area contributed by atoms with E-state index in [-0.39, 0.29) is 19.4 Å². The van der Waals surface area contributed by atoms with Crippen LogP contribution in [0.1, 0.15) is 19.8 Å². The molecule has 2 unspecified atom stereocenters. The van der Waals surface area contributed by atoms with Crippen LogP contribution in [-0.2, 0) is 14.4 Å². The van der Waals surface area contributed by atoms with Gasteiger partial charge in [-0.15, -0.1) is 0 Å². The lowest BCUT2D eigenvalue weighted by molar-refractivity contribution is -0.185. The van der Waals surface area contributed by atoms with Crippen LogP contribution in [0.3, 0.4) is 0 Å². The highest BCUT2D eigenvalue weighted by Crippen LogP contribution is 2.32. The third kappa shape index (κ3) is 5.50. The lowest BCUT2D eigenvalue weighted by Crippen LogP contribution is -2.47. The first kappa shape index (κ1) is 20.3. The maximum atomic E-state index is 12.8. The minimum Gasteiger partial charge on any atom is -0.481 e. The number of rotatable bonds is 6. The van der Waals surface area contributed by atoms with Crippen LogP contribution in [0.15, 0.2) is 24.3 Å². The van der Waals surface area contributed by atoms with E-state index in [2.05, 4.69) is 0 Å². The number of hydrogen-bond donors (Lipinski definition) is 1. The number of nitrogens with zero attached hydrogens (tertiary/aromatic N) is 1. The van der Waals surface area contributed by atoms with Crippen molar-refractivity contribution < 1.29 is 32.3 Å². The number of carbonyl (C=O) groups excluding carboxylic acids is 2. The summed E-state index contributed by atoms with van der Waals surface area (Å²) in [6.45, 7) is 0.775. The zero-order valence-corrected chi connectivity index (χ0v) is 14.6. The molecule has 1 aromatic carbocycles. The Morgan fingerprint density at radius 2 is 2.00 bits per heavy atom. The molecule has 144 valence electrons. The van der Waals surface area contributed by atoms with E-state index in [9.17, 15) is 22.8 Å². The molecular weight excluding hydrogens is 377 g/mol. The number of ether oxygens (including phenoxy) is 1. The van der Waals surface area contributed by atoms with Gasteiger partial charge in [0.15, 0.2) is 12.7 Å². The first-order valence-electron chi connectivity index (χ1n) is 7.88. The van der Waals surface area contributed by atoms with Gasteiger partial charge in [-0.2, -0.15) is 13.2 Å². The van der Waals surface area contributed by atoms with E-state index >= 15 is 0 Å². The van der Waals surface area contributed by atoms with Crippen LogP contribution in [-0.4, -0.2) is 48.2 Å². The molecule has 1 heterocycles. The van der Waals surface area contributed by atoms with Gasteiger partial charge < -0.3 is 9.64 Å². The first-order chi connectivity index (χ1) is 12.2. The second kappa shape index (κ2) is 8.59. The summed E-state index contributed by atoms with van der Waals surface area (Å²) in [4.78, 5) is 29.2. The number of alkyl halides is 3. The first-order valence-corrected chi connectivity index (χ1v) is 8.26. The van der Waals surface area contributed by atoms with Gasteiger partial charge in [0.25, 0.3) is 11.8 Å². The lowest BCUT2D eigenvalue weighted by Gasteiger charge is -2.26. The van der Waals surface area contributed by atoms with E-state index in [1.54, 1.807) is 24.3 Å². The van der Waals surface area contributed by atoms with Gasteiger partial charge in [-0.1, -0.05) is 11.6 Å². The average molecular weight is 395 g/mol. The van der Waals surface area contributed by atoms with Gasteiger partial charge >= 0.3 is 6.18 Å². The van der Waals surface area contributed by atoms with E-state index in [1.165, 1.54) is 6.92 Å². The number of nitrogens with one attached hydrogen (secondary N) is 1. The fourth-order valence-electron chi connectivity index (χ4n) is 2.51. The third-order valence-corrected chi connectivity index (χ3v) is 4.07. The quantitative estimate of drug-likeness (QED) is 0.753. The van der Waals surface area contributed by atoms with Crippen LogP contribution in [0.4, 0.5) is 13.2 Å². The number of hydrogen-bond acceptors (Lipinski definition) is 4. The molecule has 1 N–H and O–H groups in total. The van der Waals surface area contributed by atoms with Crippen molar-refractivity contribution in [3.8, 4) is 5.75 Å². The average Bonchev–Trinajstić information content (AvgIpc) is 3.06. The van der Waals surface area contributed by atoms with Gasteiger partial charge in [0.1, 0.15) is 11.8 Å². The summed E-state index contributed by atoms with van der Waals surface area (Å²) in [5, 5.41) is 0.510. The SMILES string of the molecule is CC(Oc1ccc(Cl)cc1)C(=O)NOCC(=O)N1CCCC1C(F)(F)F. The van der Waals surface area contributed by atoms with Crippen molar-refractivity contribution in [2.24, 2.45) is 0 Å². The van der Waals surface area contributed by atoms with Crippen molar-refractivity contribution >= 4 is 23.4 Å². The predicted molar refractivity (Wildman–Crippen MR) is 86.4 cm³/mol. The molecule has 0 aliphatic carbocycles. The van der Waals surface area contributed by atoms with Crippen LogP contribution in [0.25, 0.3) is 0 Å². The van der Waals surface area contributed by atoms with Gasteiger partial charge in [0, 0.05) is 11.6 Å². The Kier molecular flexibility index (Phi) is 6.71. The summed E-state index contributed by atoms with van der Waals surface area (Å²) in [7, 11) is 0. The van der Waals surface area contributed by atoms with Gasteiger partial charge in [0.2, 0.25) is 0 Å². The molecule has 1 saturated heterocycles. The molecule has 1 fully saturated rings. The normalized spacial score (nSPS) is 18.5. The topological polar surface area (TPSA) is 67.9 Å². The molecular formula is C16H18ClF3N2O4. The van der Waals surface area contributed by atoms with Crippen LogP contribution >= 0.6 is 11.6 Å². The Labute approximate surface area is 153 Å². The summed E-state index contributed by atoms with van der Waals surface area (Å²) < 4.78 is 43.8. The molecule has 0 spiro atoms. The highest BCUT2D eigenvalue weighted by molar-refractivity contribution is 6.30. The van der Waals surface area contributed by atoms with Gasteiger partial charge in [-0.3, -0.25) is 14.4 Å². The number of benzene rings is 1. The number of likely N-dealkylation sites (tertiary alicyclic amines) is 1. The molecule has 2 amide bonds. The molecule has 0 saturated carbocycles. The van der Waals surface area contributed by atoms with Crippen LogP contribution in [0.2, 0.25) is 5.02 Å². The van der Waals surface area contributed by atoms with Crippen molar-refractivity contribution in [1.82, 2.24) is 10.4 Å². The predicted octanol–water partition coefficient (Wildman–Crippen LogP) is 2.71. The minimum atomic E-state index is -4.48. The van der Waals surface area contributed by atoms with Crippen molar-refractivity contribution in [1.29, 1.82) is 0 Å². The smallest absolute Gasteiger partial charge is 0.408 e. The van der Waals surface area contributed by atoms with E-state index in [0.717, 1.165) is 4.90 Å². The standard InChI is InChI=1S/C16H18ClF3N2O4/c1-10(26-12-6-4-11(17)5-7-12)15(24)21-25-9-14(23)22-8-2-3-13(22)16(18,19)20/h4-7,10,13H,2-3,8-9H2,1H3,(H,21,24). The summed E-state index contributed by atoms with van der Waals surface area (Å²) in [6.07, 6.45) is -5.28. The molecule has 10 heteroatoms. The Bertz CT molecular complexity index is 639. The molecule has 6 nitrogen and oxygen atoms in total. The molecule has 1 aliphatic rings. The molecule has 0 bridgehead atoms. The number of halogens is 4. The van der Waals surface area contributed by atoms with E-state index < -0.39 is 36.7 Å². The third-order valence-electron chi connectivity index (χ3n) is 3.82. The van der Waals surface area contributed by atoms with Crippen LogP contribution in [0, 0.1) is 0 Å². The highest BCUT2D eigenvalue weighted by Gasteiger charge is 2.47. The Balaban J connectivity index is 1.76. The Morgan fingerprint density at radius 3 is 2.62 bits per heavy atom. The largest absolute Gasteiger partial charge is 0.481 e. The van der Waals surface area contributed by atoms with Gasteiger partial charge in [0.05, 0.1) is 0 Å². The molecule has 0 radical (unpaired) electrons. The fourth-order valence-corrected chi connectivity index (χ4v) is 2.64. The number of carbonyl (C=O) groups is 2. The van der Waals surface area contributed by atoms with E-state index in [0.29, 0.717) is 10.8 Å².